The molecule has 11 heteroatoms. The van der Waals surface area contributed by atoms with Crippen LogP contribution >= 0.6 is 0 Å². The number of anilines is 1. The number of Topliss-reactive ketones (excluding diaryl/α,β-unsaturated/α-hetero) is 1. The SMILES string of the molecule is CC(=O)Nc1cc(F)c(-c2nc(C(=O)Cc3cnccc3[C@H]3C[C@@H](N)[C@](C)(O)[C@@H](C)O3)ccc2F)c(F)c1. The summed E-state index contributed by atoms with van der Waals surface area (Å²) in [6, 6.07) is 4.83. The lowest BCUT2D eigenvalue weighted by Crippen LogP contribution is -2.58. The number of nitrogens with one attached hydrogen (secondary N) is 1. The van der Waals surface area contributed by atoms with E-state index < -0.39 is 64.3 Å². The van der Waals surface area contributed by atoms with Gasteiger partial charge in [-0.15, -0.1) is 0 Å². The van der Waals surface area contributed by atoms with Gasteiger partial charge in [0.05, 0.1) is 17.8 Å². The zero-order valence-electron chi connectivity index (χ0n) is 21.0. The van der Waals surface area contributed by atoms with E-state index in [-0.39, 0.29) is 17.8 Å². The van der Waals surface area contributed by atoms with Gasteiger partial charge in [-0.2, -0.15) is 0 Å². The van der Waals surface area contributed by atoms with Crippen LogP contribution < -0.4 is 11.1 Å². The maximum atomic E-state index is 14.8. The normalized spacial score (nSPS) is 23.2. The van der Waals surface area contributed by atoms with Crippen LogP contribution in [-0.4, -0.2) is 44.5 Å². The minimum atomic E-state index is -1.22. The molecule has 1 saturated heterocycles. The fraction of sp³-hybridized carbons (Fsp3) is 0.333. The Morgan fingerprint density at radius 3 is 2.50 bits per heavy atom. The van der Waals surface area contributed by atoms with E-state index >= 15 is 0 Å². The van der Waals surface area contributed by atoms with Crippen LogP contribution in [0.4, 0.5) is 18.9 Å². The Bertz CT molecular complexity index is 1360. The molecule has 4 N–H and O–H groups in total. The van der Waals surface area contributed by atoms with Gasteiger partial charge in [-0.25, -0.2) is 18.2 Å². The molecular formula is C27H27F3N4O4. The van der Waals surface area contributed by atoms with E-state index in [2.05, 4.69) is 15.3 Å². The topological polar surface area (TPSA) is 127 Å². The number of ether oxygens (including phenoxy) is 1. The summed E-state index contributed by atoms with van der Waals surface area (Å²) in [7, 11) is 0. The number of carbonyl (C=O) groups excluding carboxylic acids is 2. The maximum Gasteiger partial charge on any atom is 0.221 e. The lowest BCUT2D eigenvalue weighted by atomic mass is 9.82. The number of halogens is 3. The van der Waals surface area contributed by atoms with Crippen LogP contribution in [0.25, 0.3) is 11.3 Å². The standard InChI is InChI=1S/C27H27F3N4O4/c1-13-27(3,37)24(31)11-23(38-13)17-6-7-32-12-15(17)8-22(36)21-5-4-18(28)26(34-21)25-19(29)9-16(10-20(25)30)33-14(2)35/h4-7,9-10,12-13,23-24,37H,8,11,31H2,1-3H3,(H,33,35)/t13-,23-,24-,27-/m1/s1. The molecule has 1 aromatic carbocycles. The number of pyridine rings is 2. The van der Waals surface area contributed by atoms with Crippen LogP contribution in [0.15, 0.2) is 42.7 Å². The van der Waals surface area contributed by atoms with E-state index in [9.17, 15) is 27.9 Å². The molecule has 8 nitrogen and oxygen atoms in total. The minimum Gasteiger partial charge on any atom is -0.386 e. The molecule has 1 aliphatic heterocycles. The first-order valence-electron chi connectivity index (χ1n) is 11.9. The third-order valence-electron chi connectivity index (χ3n) is 6.78. The molecule has 1 amide bonds. The highest BCUT2D eigenvalue weighted by Gasteiger charge is 2.43. The second-order valence-electron chi connectivity index (χ2n) is 9.53. The van der Waals surface area contributed by atoms with Crippen molar-refractivity contribution in [2.75, 3.05) is 5.32 Å². The molecule has 3 aromatic rings. The third kappa shape index (κ3) is 5.45. The zero-order chi connectivity index (χ0) is 27.8. The van der Waals surface area contributed by atoms with Crippen molar-refractivity contribution < 1.29 is 32.6 Å². The van der Waals surface area contributed by atoms with Crippen molar-refractivity contribution in [2.24, 2.45) is 5.73 Å². The fourth-order valence-electron chi connectivity index (χ4n) is 4.42. The van der Waals surface area contributed by atoms with E-state index in [1.807, 2.05) is 0 Å². The number of rotatable bonds is 6. The van der Waals surface area contributed by atoms with Crippen LogP contribution in [0.3, 0.4) is 0 Å². The highest BCUT2D eigenvalue weighted by atomic mass is 19.1. The quantitative estimate of drug-likeness (QED) is 0.415. The number of hydrogen-bond acceptors (Lipinski definition) is 7. The Morgan fingerprint density at radius 2 is 1.87 bits per heavy atom. The monoisotopic (exact) mass is 528 g/mol. The predicted octanol–water partition coefficient (Wildman–Crippen LogP) is 3.87. The molecule has 4 rings (SSSR count). The van der Waals surface area contributed by atoms with Crippen molar-refractivity contribution in [1.29, 1.82) is 0 Å². The summed E-state index contributed by atoms with van der Waals surface area (Å²) in [6.07, 6.45) is 2.05. The Balaban J connectivity index is 1.63. The van der Waals surface area contributed by atoms with Crippen molar-refractivity contribution in [3.8, 4) is 11.3 Å². The summed E-state index contributed by atoms with van der Waals surface area (Å²) in [5.41, 5.74) is 4.32. The second-order valence-corrected chi connectivity index (χ2v) is 9.53. The molecule has 200 valence electrons. The van der Waals surface area contributed by atoms with Crippen molar-refractivity contribution in [3.05, 3.63) is 77.0 Å². The highest BCUT2D eigenvalue weighted by Crippen LogP contribution is 2.37. The van der Waals surface area contributed by atoms with E-state index in [0.717, 1.165) is 24.3 Å². The number of nitrogens with two attached hydrogens (primary N) is 1. The van der Waals surface area contributed by atoms with E-state index in [0.29, 0.717) is 17.5 Å². The summed E-state index contributed by atoms with van der Waals surface area (Å²) in [4.78, 5) is 32.4. The average molecular weight is 529 g/mol. The molecule has 4 atom stereocenters. The van der Waals surface area contributed by atoms with Crippen LogP contribution in [0, 0.1) is 17.5 Å². The first-order chi connectivity index (χ1) is 17.9. The number of aromatic nitrogens is 2. The summed E-state index contributed by atoms with van der Waals surface area (Å²) in [6.45, 7) is 4.49. The Morgan fingerprint density at radius 1 is 1.18 bits per heavy atom. The average Bonchev–Trinajstić information content (AvgIpc) is 2.83. The molecule has 2 aromatic heterocycles. The van der Waals surface area contributed by atoms with E-state index in [1.54, 1.807) is 26.1 Å². The van der Waals surface area contributed by atoms with E-state index in [1.165, 1.54) is 13.1 Å². The van der Waals surface area contributed by atoms with Gasteiger partial charge >= 0.3 is 0 Å². The number of aliphatic hydroxyl groups is 1. The lowest BCUT2D eigenvalue weighted by molar-refractivity contribution is -0.171. The fourth-order valence-corrected chi connectivity index (χ4v) is 4.42. The number of ketones is 1. The number of carbonyl (C=O) groups is 2. The predicted molar refractivity (Wildman–Crippen MR) is 133 cm³/mol. The number of hydrogen-bond donors (Lipinski definition) is 3. The number of amides is 1. The molecular weight excluding hydrogens is 501 g/mol. The summed E-state index contributed by atoms with van der Waals surface area (Å²) >= 11 is 0. The zero-order valence-corrected chi connectivity index (χ0v) is 21.0. The molecule has 0 saturated carbocycles. The Hall–Kier alpha value is -3.67. The molecule has 0 bridgehead atoms. The van der Waals surface area contributed by atoms with Gasteiger partial charge in [-0.3, -0.25) is 14.6 Å². The molecule has 3 heterocycles. The molecule has 1 aliphatic rings. The lowest BCUT2D eigenvalue weighted by Gasteiger charge is -2.44. The van der Waals surface area contributed by atoms with Crippen molar-refractivity contribution >= 4 is 17.4 Å². The smallest absolute Gasteiger partial charge is 0.221 e. The van der Waals surface area contributed by atoms with Crippen LogP contribution in [0.5, 0.6) is 0 Å². The van der Waals surface area contributed by atoms with Crippen molar-refractivity contribution in [1.82, 2.24) is 9.97 Å². The summed E-state index contributed by atoms with van der Waals surface area (Å²) in [5.74, 6) is -4.43. The van der Waals surface area contributed by atoms with Crippen LogP contribution in [-0.2, 0) is 16.0 Å². The van der Waals surface area contributed by atoms with Gasteiger partial charge in [-0.1, -0.05) is 0 Å². The Kier molecular flexibility index (Phi) is 7.63. The molecule has 0 aliphatic carbocycles. The number of benzene rings is 1. The minimum absolute atomic E-state index is 0.145. The molecule has 38 heavy (non-hydrogen) atoms. The van der Waals surface area contributed by atoms with Crippen molar-refractivity contribution in [3.63, 3.8) is 0 Å². The summed E-state index contributed by atoms with van der Waals surface area (Å²) < 4.78 is 50.1. The van der Waals surface area contributed by atoms with Gasteiger partial charge in [0.25, 0.3) is 0 Å². The van der Waals surface area contributed by atoms with Crippen molar-refractivity contribution in [2.45, 2.75) is 57.5 Å². The van der Waals surface area contributed by atoms with Gasteiger partial charge in [0.1, 0.15) is 34.4 Å². The first kappa shape index (κ1) is 27.4. The maximum absolute atomic E-state index is 14.8. The van der Waals surface area contributed by atoms with Crippen LogP contribution in [0.2, 0.25) is 0 Å². The van der Waals surface area contributed by atoms with Crippen LogP contribution in [0.1, 0.15) is 54.9 Å². The highest BCUT2D eigenvalue weighted by molar-refractivity contribution is 5.96. The molecule has 1 fully saturated rings. The second kappa shape index (κ2) is 10.6. The van der Waals surface area contributed by atoms with E-state index in [4.69, 9.17) is 10.5 Å². The van der Waals surface area contributed by atoms with Gasteiger partial charge in [0.15, 0.2) is 5.78 Å². The van der Waals surface area contributed by atoms with Gasteiger partial charge in [0.2, 0.25) is 5.91 Å². The van der Waals surface area contributed by atoms with Gasteiger partial charge in [-0.05, 0) is 61.7 Å². The third-order valence-corrected chi connectivity index (χ3v) is 6.78. The largest absolute Gasteiger partial charge is 0.386 e. The Labute approximate surface area is 217 Å². The molecule has 0 unspecified atom stereocenters. The van der Waals surface area contributed by atoms with Gasteiger partial charge in [0, 0.05) is 37.5 Å². The van der Waals surface area contributed by atoms with Gasteiger partial charge < -0.3 is 20.9 Å². The number of nitrogens with zero attached hydrogens (tertiary/aromatic N) is 2. The molecule has 0 spiro atoms. The molecule has 0 radical (unpaired) electrons. The summed E-state index contributed by atoms with van der Waals surface area (Å²) in [5, 5.41) is 12.8. The first-order valence-corrected chi connectivity index (χ1v) is 11.9.